The number of hydrogen-bond acceptors (Lipinski definition) is 4. The van der Waals surface area contributed by atoms with Gasteiger partial charge >= 0.3 is 6.18 Å². The Morgan fingerprint density at radius 2 is 1.65 bits per heavy atom. The van der Waals surface area contributed by atoms with Crippen molar-refractivity contribution in [2.75, 3.05) is 4.90 Å². The number of rotatable bonds is 5. The van der Waals surface area contributed by atoms with E-state index in [1.54, 1.807) is 43.3 Å². The number of ether oxygens (including phenoxy) is 1. The monoisotopic (exact) mass is 509 g/mol. The topological polar surface area (TPSA) is 66.8 Å². The number of benzene rings is 3. The van der Waals surface area contributed by atoms with Gasteiger partial charge in [-0.15, -0.1) is 0 Å². The summed E-state index contributed by atoms with van der Waals surface area (Å²) in [4.78, 5) is 27.6. The largest absolute Gasteiger partial charge is 0.507 e. The van der Waals surface area contributed by atoms with Crippen LogP contribution in [0.5, 0.6) is 5.75 Å². The molecule has 1 unspecified atom stereocenters. The Hall–Kier alpha value is -4.07. The molecule has 3 aromatic rings. The van der Waals surface area contributed by atoms with Gasteiger partial charge in [0.1, 0.15) is 11.5 Å². The van der Waals surface area contributed by atoms with Gasteiger partial charge in [0, 0.05) is 11.3 Å². The fourth-order valence-electron chi connectivity index (χ4n) is 4.40. The summed E-state index contributed by atoms with van der Waals surface area (Å²) in [5.41, 5.74) is 1.52. The molecule has 8 heteroatoms. The Kier molecular flexibility index (Phi) is 6.86. The van der Waals surface area contributed by atoms with Crippen LogP contribution in [-0.2, 0) is 15.8 Å². The number of halogens is 3. The number of Topliss-reactive ketones (excluding diaryl/α,β-unsaturated/α-hetero) is 1. The second kappa shape index (κ2) is 9.76. The van der Waals surface area contributed by atoms with Gasteiger partial charge in [0.25, 0.3) is 11.7 Å². The van der Waals surface area contributed by atoms with Crippen molar-refractivity contribution in [3.63, 3.8) is 0 Å². The van der Waals surface area contributed by atoms with Crippen molar-refractivity contribution in [3.05, 3.63) is 100 Å². The normalized spacial score (nSPS) is 17.5. The minimum absolute atomic E-state index is 0.0616. The van der Waals surface area contributed by atoms with E-state index in [-0.39, 0.29) is 23.1 Å². The lowest BCUT2D eigenvalue weighted by Crippen LogP contribution is -2.29. The highest BCUT2D eigenvalue weighted by atomic mass is 19.4. The highest BCUT2D eigenvalue weighted by Crippen LogP contribution is 2.43. The highest BCUT2D eigenvalue weighted by molar-refractivity contribution is 6.51. The van der Waals surface area contributed by atoms with Crippen LogP contribution < -0.4 is 9.64 Å². The molecule has 5 nitrogen and oxygen atoms in total. The molecular formula is C29H26F3NO4. The van der Waals surface area contributed by atoms with E-state index in [9.17, 15) is 27.9 Å². The lowest BCUT2D eigenvalue weighted by Gasteiger charge is -2.26. The van der Waals surface area contributed by atoms with Gasteiger partial charge in [-0.1, -0.05) is 29.8 Å². The van der Waals surface area contributed by atoms with Crippen LogP contribution in [-0.4, -0.2) is 22.9 Å². The lowest BCUT2D eigenvalue weighted by molar-refractivity contribution is -0.137. The van der Waals surface area contributed by atoms with Gasteiger partial charge in [0.05, 0.1) is 23.3 Å². The van der Waals surface area contributed by atoms with Crippen LogP contribution in [0.1, 0.15) is 47.7 Å². The molecule has 4 rings (SSSR count). The van der Waals surface area contributed by atoms with Crippen molar-refractivity contribution in [2.24, 2.45) is 0 Å². The number of ketones is 1. The summed E-state index contributed by atoms with van der Waals surface area (Å²) in [5.74, 6) is -1.63. The molecule has 37 heavy (non-hydrogen) atoms. The number of amides is 1. The Balaban J connectivity index is 1.88. The number of aryl methyl sites for hydroxylation is 2. The summed E-state index contributed by atoms with van der Waals surface area (Å²) in [6, 6.07) is 15.0. The third-order valence-corrected chi connectivity index (χ3v) is 6.09. The van der Waals surface area contributed by atoms with Crippen LogP contribution in [0.15, 0.2) is 72.3 Å². The maximum atomic E-state index is 13.3. The van der Waals surface area contributed by atoms with E-state index in [0.717, 1.165) is 40.3 Å². The Morgan fingerprint density at radius 1 is 0.973 bits per heavy atom. The molecule has 1 N–H and O–H groups in total. The van der Waals surface area contributed by atoms with E-state index in [2.05, 4.69) is 0 Å². The molecule has 1 saturated heterocycles. The number of carbonyl (C=O) groups is 2. The van der Waals surface area contributed by atoms with Gasteiger partial charge in [-0.2, -0.15) is 13.2 Å². The molecule has 0 radical (unpaired) electrons. The van der Waals surface area contributed by atoms with Crippen LogP contribution >= 0.6 is 0 Å². The first-order valence-electron chi connectivity index (χ1n) is 11.7. The number of nitrogens with zero attached hydrogens (tertiary/aromatic N) is 1. The molecule has 0 bridgehead atoms. The zero-order chi connectivity index (χ0) is 27.1. The number of anilines is 1. The lowest BCUT2D eigenvalue weighted by atomic mass is 9.93. The van der Waals surface area contributed by atoms with Gasteiger partial charge in [0.15, 0.2) is 0 Å². The molecule has 0 aromatic heterocycles. The predicted octanol–water partition coefficient (Wildman–Crippen LogP) is 6.74. The van der Waals surface area contributed by atoms with Gasteiger partial charge in [0.2, 0.25) is 0 Å². The number of alkyl halides is 3. The third-order valence-electron chi connectivity index (χ3n) is 6.09. The molecule has 3 aromatic carbocycles. The van der Waals surface area contributed by atoms with Crippen LogP contribution in [0.4, 0.5) is 18.9 Å². The van der Waals surface area contributed by atoms with Crippen molar-refractivity contribution < 1.29 is 32.6 Å². The van der Waals surface area contributed by atoms with E-state index in [1.807, 2.05) is 26.8 Å². The van der Waals surface area contributed by atoms with Crippen molar-refractivity contribution in [3.8, 4) is 5.75 Å². The van der Waals surface area contributed by atoms with Crippen LogP contribution in [0.2, 0.25) is 0 Å². The van der Waals surface area contributed by atoms with Crippen molar-refractivity contribution in [1.29, 1.82) is 0 Å². The molecule has 1 atom stereocenters. The molecular weight excluding hydrogens is 483 g/mol. The second-order valence-corrected chi connectivity index (χ2v) is 9.27. The van der Waals surface area contributed by atoms with E-state index in [0.29, 0.717) is 16.9 Å². The number of aliphatic hydroxyl groups excluding tert-OH is 1. The first-order valence-corrected chi connectivity index (χ1v) is 11.7. The average Bonchev–Trinajstić information content (AvgIpc) is 3.09. The predicted molar refractivity (Wildman–Crippen MR) is 134 cm³/mol. The van der Waals surface area contributed by atoms with E-state index >= 15 is 0 Å². The standard InChI is InChI=1S/C29H26F3NO4/c1-16(2)37-23-13-8-20(15-18(23)4)26(34)24-25(19-7-5-6-17(3)14-19)33(28(36)27(24)35)22-11-9-21(10-12-22)29(30,31)32/h5-16,25,34H,1-4H3/b26-24-. The first kappa shape index (κ1) is 26.0. The third kappa shape index (κ3) is 5.09. The zero-order valence-corrected chi connectivity index (χ0v) is 20.8. The fraction of sp³-hybridized carbons (Fsp3) is 0.241. The Labute approximate surface area is 212 Å². The molecule has 0 saturated carbocycles. The number of carbonyl (C=O) groups excluding carboxylic acids is 2. The Bertz CT molecular complexity index is 1390. The van der Waals surface area contributed by atoms with Gasteiger partial charge in [-0.25, -0.2) is 0 Å². The highest BCUT2D eigenvalue weighted by Gasteiger charge is 2.47. The van der Waals surface area contributed by atoms with Crippen LogP contribution in [0.3, 0.4) is 0 Å². The molecule has 1 aliphatic rings. The summed E-state index contributed by atoms with van der Waals surface area (Å²) in [6.45, 7) is 7.41. The average molecular weight is 510 g/mol. The van der Waals surface area contributed by atoms with Gasteiger partial charge in [-0.05, 0) is 81.3 Å². The maximum Gasteiger partial charge on any atom is 0.416 e. The Morgan fingerprint density at radius 3 is 2.22 bits per heavy atom. The molecule has 0 spiro atoms. The molecule has 192 valence electrons. The van der Waals surface area contributed by atoms with E-state index < -0.39 is 29.5 Å². The summed E-state index contributed by atoms with van der Waals surface area (Å²) in [5, 5.41) is 11.3. The minimum Gasteiger partial charge on any atom is -0.507 e. The fourth-order valence-corrected chi connectivity index (χ4v) is 4.40. The van der Waals surface area contributed by atoms with Crippen LogP contribution in [0, 0.1) is 13.8 Å². The van der Waals surface area contributed by atoms with Gasteiger partial charge in [-0.3, -0.25) is 14.5 Å². The van der Waals surface area contributed by atoms with E-state index in [1.165, 1.54) is 0 Å². The molecule has 1 aliphatic heterocycles. The smallest absolute Gasteiger partial charge is 0.416 e. The zero-order valence-electron chi connectivity index (χ0n) is 20.8. The molecule has 1 heterocycles. The van der Waals surface area contributed by atoms with Gasteiger partial charge < -0.3 is 9.84 Å². The SMILES string of the molecule is Cc1cccc(C2/C(=C(/O)c3ccc(OC(C)C)c(C)c3)C(=O)C(=O)N2c2ccc(C(F)(F)F)cc2)c1. The molecule has 1 fully saturated rings. The van der Waals surface area contributed by atoms with E-state index in [4.69, 9.17) is 4.74 Å². The summed E-state index contributed by atoms with van der Waals surface area (Å²) in [7, 11) is 0. The van der Waals surface area contributed by atoms with Crippen molar-refractivity contribution >= 4 is 23.1 Å². The summed E-state index contributed by atoms with van der Waals surface area (Å²) >= 11 is 0. The first-order chi connectivity index (χ1) is 17.4. The quantitative estimate of drug-likeness (QED) is 0.235. The minimum atomic E-state index is -4.55. The summed E-state index contributed by atoms with van der Waals surface area (Å²) < 4.78 is 45.1. The molecule has 0 aliphatic carbocycles. The number of hydrogen-bond donors (Lipinski definition) is 1. The maximum absolute atomic E-state index is 13.3. The van der Waals surface area contributed by atoms with Crippen LogP contribution in [0.25, 0.3) is 5.76 Å². The molecule has 1 amide bonds. The summed E-state index contributed by atoms with van der Waals surface area (Å²) in [6.07, 6.45) is -4.61. The van der Waals surface area contributed by atoms with Crippen molar-refractivity contribution in [1.82, 2.24) is 0 Å². The number of aliphatic hydroxyl groups is 1. The second-order valence-electron chi connectivity index (χ2n) is 9.27. The van der Waals surface area contributed by atoms with Crippen molar-refractivity contribution in [2.45, 2.75) is 46.0 Å².